The first-order valence-corrected chi connectivity index (χ1v) is 13.0. The summed E-state index contributed by atoms with van der Waals surface area (Å²) >= 11 is 0. The number of aromatic nitrogens is 1. The maximum absolute atomic E-state index is 12.9. The van der Waals surface area contributed by atoms with Crippen molar-refractivity contribution in [3.63, 3.8) is 0 Å². The largest absolute Gasteiger partial charge is 0.493 e. The van der Waals surface area contributed by atoms with Crippen LogP contribution in [0.3, 0.4) is 0 Å². The van der Waals surface area contributed by atoms with E-state index in [2.05, 4.69) is 29.2 Å². The van der Waals surface area contributed by atoms with Crippen molar-refractivity contribution in [2.75, 3.05) is 26.8 Å². The highest BCUT2D eigenvalue weighted by Crippen LogP contribution is 2.40. The molecule has 0 bridgehead atoms. The molecule has 1 N–H and O–H groups in total. The lowest BCUT2D eigenvalue weighted by Gasteiger charge is -2.39. The van der Waals surface area contributed by atoms with Crippen molar-refractivity contribution in [1.82, 2.24) is 9.88 Å². The molecule has 2 heterocycles. The number of carbonyl (C=O) groups excluding carboxylic acids is 1. The number of ether oxygens (including phenoxy) is 3. The number of hydrogen-bond donors (Lipinski definition) is 1. The quantitative estimate of drug-likeness (QED) is 0.337. The zero-order valence-corrected chi connectivity index (χ0v) is 21.5. The second-order valence-electron chi connectivity index (χ2n) is 9.84. The summed E-state index contributed by atoms with van der Waals surface area (Å²) in [6, 6.07) is 17.9. The Balaban J connectivity index is 1.13. The van der Waals surface area contributed by atoms with E-state index in [0.717, 1.165) is 17.0 Å². The van der Waals surface area contributed by atoms with Gasteiger partial charge in [0.25, 0.3) is 5.91 Å². The molecule has 8 nitrogen and oxygen atoms in total. The maximum Gasteiger partial charge on any atom is 0.303 e. The molecule has 2 fully saturated rings. The van der Waals surface area contributed by atoms with Gasteiger partial charge in [-0.25, -0.2) is 0 Å². The molecule has 1 aromatic heterocycles. The maximum atomic E-state index is 12.9. The molecule has 8 heteroatoms. The van der Waals surface area contributed by atoms with Crippen molar-refractivity contribution >= 4 is 11.9 Å². The van der Waals surface area contributed by atoms with Gasteiger partial charge in [0.1, 0.15) is 18.1 Å². The summed E-state index contributed by atoms with van der Waals surface area (Å²) in [7, 11) is 1.63. The molecule has 0 atom stereocenters. The number of methoxy groups -OCH3 is 1. The minimum absolute atomic E-state index is 0.0397. The number of carboxylic acids is 1. The predicted octanol–water partition coefficient (Wildman–Crippen LogP) is 5.03. The van der Waals surface area contributed by atoms with Crippen LogP contribution in [0.5, 0.6) is 17.2 Å². The summed E-state index contributed by atoms with van der Waals surface area (Å²) in [5.41, 5.74) is 3.94. The third-order valence-electron chi connectivity index (χ3n) is 7.00. The van der Waals surface area contributed by atoms with E-state index < -0.39 is 5.97 Å². The zero-order chi connectivity index (χ0) is 26.5. The lowest BCUT2D eigenvalue weighted by Crippen LogP contribution is -2.48. The molecule has 1 aliphatic heterocycles. The van der Waals surface area contributed by atoms with E-state index in [9.17, 15) is 9.59 Å². The van der Waals surface area contributed by atoms with Crippen LogP contribution in [0.2, 0.25) is 0 Å². The van der Waals surface area contributed by atoms with Crippen molar-refractivity contribution in [2.45, 2.75) is 44.1 Å². The minimum Gasteiger partial charge on any atom is -0.493 e. The average molecular weight is 517 g/mol. The van der Waals surface area contributed by atoms with Crippen molar-refractivity contribution in [2.24, 2.45) is 0 Å². The van der Waals surface area contributed by atoms with Gasteiger partial charge >= 0.3 is 5.97 Å². The van der Waals surface area contributed by atoms with E-state index in [0.29, 0.717) is 49.1 Å². The molecule has 0 radical (unpaired) electrons. The number of aliphatic carboxylic acids is 1. The Bertz CT molecular complexity index is 1280. The first kappa shape index (κ1) is 25.6. The Labute approximate surface area is 222 Å². The van der Waals surface area contributed by atoms with Gasteiger partial charge in [-0.1, -0.05) is 30.3 Å². The molecule has 1 aliphatic carbocycles. The fourth-order valence-corrected chi connectivity index (χ4v) is 4.57. The lowest BCUT2D eigenvalue weighted by atomic mass is 9.91. The molecule has 1 saturated heterocycles. The Morgan fingerprint density at radius 3 is 2.42 bits per heavy atom. The second kappa shape index (κ2) is 11.5. The van der Waals surface area contributed by atoms with Crippen molar-refractivity contribution in [3.05, 3.63) is 83.2 Å². The SMILES string of the molecule is COc1cc(C2CN(C(=O)c3cc(OCCCC(=O)O)ccn3)C2)ccc1OCc1ccc(C2CC2)cc1. The van der Waals surface area contributed by atoms with Crippen LogP contribution in [-0.2, 0) is 11.4 Å². The van der Waals surface area contributed by atoms with Crippen LogP contribution in [0.1, 0.15) is 64.7 Å². The number of pyridine rings is 1. The summed E-state index contributed by atoms with van der Waals surface area (Å²) in [4.78, 5) is 29.5. The monoisotopic (exact) mass is 516 g/mol. The van der Waals surface area contributed by atoms with Crippen molar-refractivity contribution in [1.29, 1.82) is 0 Å². The molecule has 3 aromatic rings. The van der Waals surface area contributed by atoms with E-state index in [1.165, 1.54) is 24.6 Å². The van der Waals surface area contributed by atoms with Gasteiger partial charge in [0.2, 0.25) is 0 Å². The molecule has 38 heavy (non-hydrogen) atoms. The topological polar surface area (TPSA) is 98.2 Å². The van der Waals surface area contributed by atoms with Gasteiger partial charge in [-0.05, 0) is 60.1 Å². The summed E-state index contributed by atoms with van der Waals surface area (Å²) in [6.45, 7) is 1.91. The average Bonchev–Trinajstić information content (AvgIpc) is 3.75. The molecule has 0 unspecified atom stereocenters. The standard InChI is InChI=1S/C30H32N2O6/c1-36-28-15-23(10-11-27(28)38-19-20-4-6-21(7-5-20)22-8-9-22)24-17-32(18-24)30(35)26-16-25(12-13-31-26)37-14-2-3-29(33)34/h4-7,10-13,15-16,22,24H,2-3,8-9,14,17-19H2,1H3,(H,33,34). The highest BCUT2D eigenvalue weighted by Gasteiger charge is 2.33. The van der Waals surface area contributed by atoms with Crippen LogP contribution in [-0.4, -0.2) is 53.7 Å². The number of carbonyl (C=O) groups is 2. The third kappa shape index (κ3) is 6.25. The number of carboxylic acid groups (broad SMARTS) is 1. The molecule has 1 saturated carbocycles. The smallest absolute Gasteiger partial charge is 0.303 e. The number of amides is 1. The summed E-state index contributed by atoms with van der Waals surface area (Å²) in [6.07, 6.45) is 4.56. The number of hydrogen-bond acceptors (Lipinski definition) is 6. The highest BCUT2D eigenvalue weighted by atomic mass is 16.5. The molecule has 0 spiro atoms. The number of likely N-dealkylation sites (tertiary alicyclic amines) is 1. The van der Waals surface area contributed by atoms with Crippen LogP contribution in [0.15, 0.2) is 60.8 Å². The summed E-state index contributed by atoms with van der Waals surface area (Å²) in [5, 5.41) is 8.73. The van der Waals surface area contributed by atoms with Gasteiger partial charge in [0.05, 0.1) is 13.7 Å². The number of rotatable bonds is 12. The molecule has 2 aromatic carbocycles. The Kier molecular flexibility index (Phi) is 7.77. The van der Waals surface area contributed by atoms with Crippen LogP contribution >= 0.6 is 0 Å². The van der Waals surface area contributed by atoms with E-state index in [1.807, 2.05) is 18.2 Å². The summed E-state index contributed by atoms with van der Waals surface area (Å²) in [5.74, 6) is 1.80. The Morgan fingerprint density at radius 1 is 0.947 bits per heavy atom. The van der Waals surface area contributed by atoms with E-state index in [-0.39, 0.29) is 24.9 Å². The van der Waals surface area contributed by atoms with Crippen LogP contribution in [0, 0.1) is 0 Å². The first-order chi connectivity index (χ1) is 18.5. The Morgan fingerprint density at radius 2 is 1.71 bits per heavy atom. The van der Waals surface area contributed by atoms with E-state index in [1.54, 1.807) is 24.1 Å². The van der Waals surface area contributed by atoms with Gasteiger partial charge in [-0.15, -0.1) is 0 Å². The van der Waals surface area contributed by atoms with Gasteiger partial charge in [-0.3, -0.25) is 14.6 Å². The van der Waals surface area contributed by atoms with Crippen LogP contribution in [0.4, 0.5) is 0 Å². The predicted molar refractivity (Wildman–Crippen MR) is 141 cm³/mol. The molecular weight excluding hydrogens is 484 g/mol. The zero-order valence-electron chi connectivity index (χ0n) is 21.5. The van der Waals surface area contributed by atoms with E-state index in [4.69, 9.17) is 19.3 Å². The molecular formula is C30H32N2O6. The fourth-order valence-electron chi connectivity index (χ4n) is 4.57. The number of nitrogens with zero attached hydrogens (tertiary/aromatic N) is 2. The first-order valence-electron chi connectivity index (χ1n) is 13.0. The molecule has 198 valence electrons. The van der Waals surface area contributed by atoms with Crippen LogP contribution in [0.25, 0.3) is 0 Å². The highest BCUT2D eigenvalue weighted by molar-refractivity contribution is 5.93. The van der Waals surface area contributed by atoms with Crippen molar-refractivity contribution < 1.29 is 28.9 Å². The van der Waals surface area contributed by atoms with Crippen molar-refractivity contribution in [3.8, 4) is 17.2 Å². The van der Waals surface area contributed by atoms with Gasteiger partial charge in [-0.2, -0.15) is 0 Å². The summed E-state index contributed by atoms with van der Waals surface area (Å²) < 4.78 is 17.2. The lowest BCUT2D eigenvalue weighted by molar-refractivity contribution is -0.137. The second-order valence-corrected chi connectivity index (χ2v) is 9.84. The Hall–Kier alpha value is -4.07. The van der Waals surface area contributed by atoms with Gasteiger partial charge in [0.15, 0.2) is 11.5 Å². The van der Waals surface area contributed by atoms with Crippen LogP contribution < -0.4 is 14.2 Å². The van der Waals surface area contributed by atoms with Gasteiger partial charge in [0, 0.05) is 37.7 Å². The third-order valence-corrected chi connectivity index (χ3v) is 7.00. The minimum atomic E-state index is -0.861. The molecule has 5 rings (SSSR count). The molecule has 2 aliphatic rings. The van der Waals surface area contributed by atoms with E-state index >= 15 is 0 Å². The normalized spacial score (nSPS) is 15.0. The van der Waals surface area contributed by atoms with Gasteiger partial charge < -0.3 is 24.2 Å². The molecule has 1 amide bonds. The fraction of sp³-hybridized carbons (Fsp3) is 0.367. The number of benzene rings is 2.